The molecule has 1 aliphatic heterocycles. The summed E-state index contributed by atoms with van der Waals surface area (Å²) in [4.78, 5) is 19.4. The van der Waals surface area contributed by atoms with Gasteiger partial charge in [0.25, 0.3) is 0 Å². The smallest absolute Gasteiger partial charge is 0.223 e. The van der Waals surface area contributed by atoms with Crippen molar-refractivity contribution in [2.75, 3.05) is 19.7 Å². The third kappa shape index (κ3) is 4.89. The fraction of sp³-hybridized carbons (Fsp3) is 0.348. The number of amides is 1. The van der Waals surface area contributed by atoms with E-state index in [2.05, 4.69) is 10.1 Å². The van der Waals surface area contributed by atoms with Crippen LogP contribution in [0, 0.1) is 6.92 Å². The molecule has 2 aromatic heterocycles. The molecule has 0 radical (unpaired) electrons. The van der Waals surface area contributed by atoms with Crippen LogP contribution in [0.3, 0.4) is 0 Å². The second kappa shape index (κ2) is 8.98. The standard InChI is InChI=1S/C23H25ClN4O2/c1-16-10-18(19-13-25-27(2)14-19)12-21(26-16)22-15-28(8-9-30-22)23(29)7-6-17-4-3-5-20(24)11-17/h3-5,10-14,22H,6-9,15H2,1-2H3/t22-/m1/s1. The number of hydrogen-bond donors (Lipinski definition) is 0. The molecule has 1 saturated heterocycles. The van der Waals surface area contributed by atoms with E-state index in [4.69, 9.17) is 16.3 Å². The maximum absolute atomic E-state index is 12.8. The predicted molar refractivity (Wildman–Crippen MR) is 116 cm³/mol. The Kier molecular flexibility index (Phi) is 6.16. The van der Waals surface area contributed by atoms with Crippen molar-refractivity contribution >= 4 is 17.5 Å². The van der Waals surface area contributed by atoms with Gasteiger partial charge in [-0.25, -0.2) is 0 Å². The van der Waals surface area contributed by atoms with Gasteiger partial charge in [-0.15, -0.1) is 0 Å². The van der Waals surface area contributed by atoms with Crippen molar-refractivity contribution in [2.45, 2.75) is 25.9 Å². The number of halogens is 1. The highest BCUT2D eigenvalue weighted by Crippen LogP contribution is 2.27. The molecule has 156 valence electrons. The molecular weight excluding hydrogens is 400 g/mol. The second-order valence-corrected chi connectivity index (χ2v) is 8.09. The van der Waals surface area contributed by atoms with Gasteiger partial charge in [-0.1, -0.05) is 23.7 Å². The molecule has 0 N–H and O–H groups in total. The first-order valence-corrected chi connectivity index (χ1v) is 10.5. The summed E-state index contributed by atoms with van der Waals surface area (Å²) < 4.78 is 7.76. The minimum absolute atomic E-state index is 0.128. The van der Waals surface area contributed by atoms with Crippen LogP contribution in [0.25, 0.3) is 11.1 Å². The van der Waals surface area contributed by atoms with E-state index in [1.165, 1.54) is 0 Å². The van der Waals surface area contributed by atoms with Crippen LogP contribution in [-0.4, -0.2) is 45.3 Å². The fourth-order valence-corrected chi connectivity index (χ4v) is 3.97. The molecule has 0 saturated carbocycles. The number of ether oxygens (including phenoxy) is 1. The zero-order chi connectivity index (χ0) is 21.1. The summed E-state index contributed by atoms with van der Waals surface area (Å²) in [5, 5.41) is 4.95. The Hall–Kier alpha value is -2.70. The first-order chi connectivity index (χ1) is 14.5. The van der Waals surface area contributed by atoms with Crippen LogP contribution < -0.4 is 0 Å². The lowest BCUT2D eigenvalue weighted by atomic mass is 10.1. The van der Waals surface area contributed by atoms with E-state index < -0.39 is 0 Å². The van der Waals surface area contributed by atoms with E-state index >= 15 is 0 Å². The summed E-state index contributed by atoms with van der Waals surface area (Å²) in [6.45, 7) is 3.59. The molecule has 3 aromatic rings. The number of morpholine rings is 1. The Morgan fingerprint density at radius 2 is 2.13 bits per heavy atom. The number of carbonyl (C=O) groups excluding carboxylic acids is 1. The van der Waals surface area contributed by atoms with Crippen molar-refractivity contribution in [1.82, 2.24) is 19.7 Å². The summed E-state index contributed by atoms with van der Waals surface area (Å²) >= 11 is 6.04. The van der Waals surface area contributed by atoms with E-state index in [1.54, 1.807) is 4.68 Å². The maximum Gasteiger partial charge on any atom is 0.223 e. The Morgan fingerprint density at radius 3 is 2.90 bits per heavy atom. The summed E-state index contributed by atoms with van der Waals surface area (Å²) in [6.07, 6.45) is 4.71. The normalized spacial score (nSPS) is 16.6. The van der Waals surface area contributed by atoms with Gasteiger partial charge in [-0.3, -0.25) is 14.5 Å². The van der Waals surface area contributed by atoms with Crippen molar-refractivity contribution < 1.29 is 9.53 Å². The quantitative estimate of drug-likeness (QED) is 0.621. The van der Waals surface area contributed by atoms with Crippen molar-refractivity contribution in [2.24, 2.45) is 7.05 Å². The lowest BCUT2D eigenvalue weighted by Gasteiger charge is -2.33. The molecule has 30 heavy (non-hydrogen) atoms. The average molecular weight is 425 g/mol. The number of nitrogens with zero attached hydrogens (tertiary/aromatic N) is 4. The highest BCUT2D eigenvalue weighted by molar-refractivity contribution is 6.30. The van der Waals surface area contributed by atoms with Gasteiger partial charge in [0, 0.05) is 42.5 Å². The van der Waals surface area contributed by atoms with Crippen LogP contribution in [0.4, 0.5) is 0 Å². The number of aromatic nitrogens is 3. The van der Waals surface area contributed by atoms with E-state index in [9.17, 15) is 4.79 Å². The molecule has 3 heterocycles. The summed E-state index contributed by atoms with van der Waals surface area (Å²) in [5.74, 6) is 0.128. The maximum atomic E-state index is 12.8. The second-order valence-electron chi connectivity index (χ2n) is 7.65. The van der Waals surface area contributed by atoms with Crippen molar-refractivity contribution in [3.05, 3.63) is 70.8 Å². The molecule has 1 fully saturated rings. The zero-order valence-electron chi connectivity index (χ0n) is 17.2. The SMILES string of the molecule is Cc1cc(-c2cnn(C)c2)cc([C@H]2CN(C(=O)CCc3cccc(Cl)c3)CCO2)n1. The van der Waals surface area contributed by atoms with Gasteiger partial charge in [-0.05, 0) is 48.7 Å². The molecule has 1 amide bonds. The van der Waals surface area contributed by atoms with E-state index in [-0.39, 0.29) is 12.0 Å². The molecule has 1 aromatic carbocycles. The first kappa shape index (κ1) is 20.6. The lowest BCUT2D eigenvalue weighted by molar-refractivity contribution is -0.139. The number of benzene rings is 1. The average Bonchev–Trinajstić information content (AvgIpc) is 3.18. The molecular formula is C23H25ClN4O2. The van der Waals surface area contributed by atoms with Crippen LogP contribution in [0.5, 0.6) is 0 Å². The van der Waals surface area contributed by atoms with Crippen LogP contribution in [-0.2, 0) is 23.0 Å². The van der Waals surface area contributed by atoms with Gasteiger partial charge < -0.3 is 9.64 Å². The van der Waals surface area contributed by atoms with Crippen LogP contribution in [0.2, 0.25) is 5.02 Å². The van der Waals surface area contributed by atoms with Gasteiger partial charge in [0.2, 0.25) is 5.91 Å². The topological polar surface area (TPSA) is 60.2 Å². The minimum Gasteiger partial charge on any atom is -0.368 e. The Labute approximate surface area is 181 Å². The van der Waals surface area contributed by atoms with Crippen molar-refractivity contribution in [3.63, 3.8) is 0 Å². The lowest BCUT2D eigenvalue weighted by Crippen LogP contribution is -2.42. The molecule has 4 rings (SSSR count). The van der Waals surface area contributed by atoms with E-state index in [0.29, 0.717) is 37.6 Å². The highest BCUT2D eigenvalue weighted by atomic mass is 35.5. The number of pyridine rings is 1. The summed E-state index contributed by atoms with van der Waals surface area (Å²) in [6, 6.07) is 11.7. The van der Waals surface area contributed by atoms with Gasteiger partial charge in [0.15, 0.2) is 0 Å². The van der Waals surface area contributed by atoms with Crippen molar-refractivity contribution in [3.8, 4) is 11.1 Å². The third-order valence-corrected chi connectivity index (χ3v) is 5.51. The monoisotopic (exact) mass is 424 g/mol. The fourth-order valence-electron chi connectivity index (χ4n) is 3.75. The molecule has 0 aliphatic carbocycles. The number of hydrogen-bond acceptors (Lipinski definition) is 4. The molecule has 0 unspecified atom stereocenters. The molecule has 1 aliphatic rings. The minimum atomic E-state index is -0.232. The van der Waals surface area contributed by atoms with Crippen LogP contribution in [0.15, 0.2) is 48.8 Å². The Balaban J connectivity index is 1.44. The van der Waals surface area contributed by atoms with E-state index in [0.717, 1.165) is 28.1 Å². The molecule has 1 atom stereocenters. The Bertz CT molecular complexity index is 1050. The van der Waals surface area contributed by atoms with Gasteiger partial charge in [-0.2, -0.15) is 5.10 Å². The molecule has 7 heteroatoms. The first-order valence-electron chi connectivity index (χ1n) is 10.1. The zero-order valence-corrected chi connectivity index (χ0v) is 18.0. The number of aryl methyl sites for hydroxylation is 3. The molecule has 6 nitrogen and oxygen atoms in total. The van der Waals surface area contributed by atoms with Crippen LogP contribution in [0.1, 0.15) is 29.5 Å². The number of carbonyl (C=O) groups is 1. The molecule has 0 spiro atoms. The molecule has 0 bridgehead atoms. The van der Waals surface area contributed by atoms with Crippen LogP contribution >= 0.6 is 11.6 Å². The summed E-state index contributed by atoms with van der Waals surface area (Å²) in [7, 11) is 1.90. The van der Waals surface area contributed by atoms with E-state index in [1.807, 2.05) is 67.7 Å². The van der Waals surface area contributed by atoms with Gasteiger partial charge in [0.05, 0.1) is 25.0 Å². The highest BCUT2D eigenvalue weighted by Gasteiger charge is 2.26. The van der Waals surface area contributed by atoms with Gasteiger partial charge in [0.1, 0.15) is 6.10 Å². The third-order valence-electron chi connectivity index (χ3n) is 5.28. The number of rotatable bonds is 5. The van der Waals surface area contributed by atoms with Gasteiger partial charge >= 0.3 is 0 Å². The summed E-state index contributed by atoms with van der Waals surface area (Å²) in [5.41, 5.74) is 4.93. The van der Waals surface area contributed by atoms with Crippen molar-refractivity contribution in [1.29, 1.82) is 0 Å². The Morgan fingerprint density at radius 1 is 1.27 bits per heavy atom. The largest absolute Gasteiger partial charge is 0.368 e. The predicted octanol–water partition coefficient (Wildman–Crippen LogP) is 3.98.